The number of anilines is 3. The summed E-state index contributed by atoms with van der Waals surface area (Å²) in [6, 6.07) is 17.8. The van der Waals surface area contributed by atoms with E-state index in [0.717, 1.165) is 33.2 Å². The zero-order valence-electron chi connectivity index (χ0n) is 28.0. The van der Waals surface area contributed by atoms with Crippen molar-refractivity contribution in [3.05, 3.63) is 94.7 Å². The van der Waals surface area contributed by atoms with Gasteiger partial charge in [-0.2, -0.15) is 13.2 Å². The molecule has 4 aromatic rings. The van der Waals surface area contributed by atoms with Crippen LogP contribution in [-0.2, 0) is 20.9 Å². The van der Waals surface area contributed by atoms with Crippen LogP contribution in [-0.4, -0.2) is 77.7 Å². The minimum atomic E-state index is -5.08. The summed E-state index contributed by atoms with van der Waals surface area (Å²) >= 11 is 0. The molecule has 12 nitrogen and oxygen atoms in total. The number of carboxylic acids is 1. The molecule has 5 N–H and O–H groups in total. The predicted octanol–water partition coefficient (Wildman–Crippen LogP) is 5.94. The summed E-state index contributed by atoms with van der Waals surface area (Å²) in [7, 11) is 5.04. The highest BCUT2D eigenvalue weighted by Crippen LogP contribution is 2.30. The number of nitrogen functional groups attached to an aromatic ring is 1. The number of nitrogens with zero attached hydrogens (tertiary/aromatic N) is 3. The Labute approximate surface area is 286 Å². The molecule has 15 heteroatoms. The second kappa shape index (κ2) is 15.1. The Balaban J connectivity index is 0.000000727. The molecule has 0 saturated heterocycles. The number of carboxylic acid groups (broad SMARTS) is 1. The second-order valence-corrected chi connectivity index (χ2v) is 12.0. The van der Waals surface area contributed by atoms with Crippen molar-refractivity contribution < 1.29 is 42.2 Å². The van der Waals surface area contributed by atoms with Gasteiger partial charge in [0.25, 0.3) is 5.91 Å². The Hall–Kier alpha value is -5.86. The number of nitrogens with two attached hydrogens (primary N) is 1. The molecule has 4 bridgehead atoms. The molecular weight excluding hydrogens is 657 g/mol. The van der Waals surface area contributed by atoms with Gasteiger partial charge < -0.3 is 30.7 Å². The van der Waals surface area contributed by atoms with E-state index < -0.39 is 24.3 Å². The number of benzene rings is 3. The lowest BCUT2D eigenvalue weighted by molar-refractivity contribution is -0.192. The second-order valence-electron chi connectivity index (χ2n) is 12.0. The Morgan fingerprint density at radius 1 is 1.08 bits per heavy atom. The van der Waals surface area contributed by atoms with Gasteiger partial charge in [0.2, 0.25) is 5.91 Å². The third-order valence-electron chi connectivity index (χ3n) is 7.99. The lowest BCUT2D eigenvalue weighted by atomic mass is 9.92. The molecule has 3 amide bonds. The quantitative estimate of drug-likeness (QED) is 0.203. The largest absolute Gasteiger partial charge is 0.490 e. The van der Waals surface area contributed by atoms with Crippen molar-refractivity contribution in [2.75, 3.05) is 44.1 Å². The predicted molar refractivity (Wildman–Crippen MR) is 182 cm³/mol. The summed E-state index contributed by atoms with van der Waals surface area (Å²) in [5.41, 5.74) is 11.1. The maximum Gasteiger partial charge on any atom is 0.490 e. The first-order valence-corrected chi connectivity index (χ1v) is 15.3. The molecule has 0 radical (unpaired) electrons. The number of halogens is 3. The number of amides is 3. The monoisotopic (exact) mass is 694 g/mol. The highest BCUT2D eigenvalue weighted by molar-refractivity contribution is 5.97. The number of fused-ring (bicyclic) bond motifs is 10. The lowest BCUT2D eigenvalue weighted by Gasteiger charge is -2.28. The van der Waals surface area contributed by atoms with Crippen molar-refractivity contribution >= 4 is 51.8 Å². The zero-order valence-corrected chi connectivity index (χ0v) is 28.0. The maximum absolute atomic E-state index is 14.2. The van der Waals surface area contributed by atoms with Crippen LogP contribution in [0, 0.1) is 6.92 Å². The van der Waals surface area contributed by atoms with Crippen molar-refractivity contribution in [2.45, 2.75) is 38.5 Å². The summed E-state index contributed by atoms with van der Waals surface area (Å²) < 4.78 is 37.3. The first kappa shape index (κ1) is 37.0. The number of likely N-dealkylation sites (N-methyl/N-ethyl adjacent to an activating group) is 1. The zero-order chi connectivity index (χ0) is 36.9. The first-order valence-electron chi connectivity index (χ1n) is 15.3. The normalized spacial score (nSPS) is 16.5. The molecule has 50 heavy (non-hydrogen) atoms. The summed E-state index contributed by atoms with van der Waals surface area (Å²) in [6.07, 6.45) is -4.02. The Bertz CT molecular complexity index is 1930. The van der Waals surface area contributed by atoms with Crippen LogP contribution in [0.1, 0.15) is 51.5 Å². The van der Waals surface area contributed by atoms with Gasteiger partial charge in [-0.15, -0.1) is 0 Å². The summed E-state index contributed by atoms with van der Waals surface area (Å²) in [5.74, 6) is -2.79. The fraction of sp³-hybridized carbons (Fsp3) is 0.286. The van der Waals surface area contributed by atoms with E-state index >= 15 is 0 Å². The number of aryl methyl sites for hydroxylation is 1. The van der Waals surface area contributed by atoms with E-state index in [1.807, 2.05) is 56.3 Å². The van der Waals surface area contributed by atoms with Crippen molar-refractivity contribution in [1.82, 2.24) is 14.8 Å². The minimum Gasteiger partial charge on any atom is -0.475 e. The fourth-order valence-corrected chi connectivity index (χ4v) is 5.43. The van der Waals surface area contributed by atoms with E-state index in [2.05, 4.69) is 15.6 Å². The van der Waals surface area contributed by atoms with Crippen LogP contribution in [0.3, 0.4) is 0 Å². The van der Waals surface area contributed by atoms with E-state index in [-0.39, 0.29) is 30.9 Å². The smallest absolute Gasteiger partial charge is 0.475 e. The number of hydrogen-bond acceptors (Lipinski definition) is 8. The van der Waals surface area contributed by atoms with Gasteiger partial charge in [0.05, 0.1) is 6.61 Å². The molecule has 3 aromatic carbocycles. The summed E-state index contributed by atoms with van der Waals surface area (Å²) in [5, 5.41) is 15.1. The highest BCUT2D eigenvalue weighted by atomic mass is 19.4. The number of rotatable bonds is 3. The van der Waals surface area contributed by atoms with Gasteiger partial charge in [0.15, 0.2) is 0 Å². The molecule has 2 aliphatic heterocycles. The Kier molecular flexibility index (Phi) is 11.2. The van der Waals surface area contributed by atoms with Gasteiger partial charge in [0, 0.05) is 62.1 Å². The number of ether oxygens (including phenoxy) is 1. The van der Waals surface area contributed by atoms with Crippen LogP contribution in [0.15, 0.2) is 66.9 Å². The van der Waals surface area contributed by atoms with Crippen LogP contribution >= 0.6 is 0 Å². The minimum absolute atomic E-state index is 0.0762. The number of nitrogens with one attached hydrogen (secondary N) is 2. The van der Waals surface area contributed by atoms with E-state index in [9.17, 15) is 27.6 Å². The van der Waals surface area contributed by atoms with E-state index in [1.165, 1.54) is 4.90 Å². The summed E-state index contributed by atoms with van der Waals surface area (Å²) in [4.78, 5) is 56.0. The van der Waals surface area contributed by atoms with Crippen LogP contribution in [0.2, 0.25) is 0 Å². The van der Waals surface area contributed by atoms with E-state index in [4.69, 9.17) is 20.4 Å². The molecule has 2 atom stereocenters. The number of alkyl halides is 3. The molecular formula is C35H37F3N6O6. The van der Waals surface area contributed by atoms with Crippen molar-refractivity contribution in [2.24, 2.45) is 0 Å². The van der Waals surface area contributed by atoms with E-state index in [0.29, 0.717) is 22.6 Å². The molecule has 264 valence electrons. The number of carbonyl (C=O) groups excluding carboxylic acids is 3. The van der Waals surface area contributed by atoms with Crippen LogP contribution in [0.25, 0.3) is 10.8 Å². The number of carbonyl (C=O) groups is 4. The lowest BCUT2D eigenvalue weighted by Crippen LogP contribution is -2.36. The van der Waals surface area contributed by atoms with Gasteiger partial charge in [0.1, 0.15) is 11.9 Å². The van der Waals surface area contributed by atoms with Gasteiger partial charge in [-0.25, -0.2) is 14.6 Å². The fourth-order valence-electron chi connectivity index (χ4n) is 5.43. The number of aliphatic carboxylic acids is 1. The van der Waals surface area contributed by atoms with Crippen LogP contribution < -0.4 is 16.4 Å². The van der Waals surface area contributed by atoms with Gasteiger partial charge in [-0.05, 0) is 77.0 Å². The van der Waals surface area contributed by atoms with Crippen LogP contribution in [0.4, 0.5) is 35.2 Å². The maximum atomic E-state index is 14.2. The van der Waals surface area contributed by atoms with Crippen molar-refractivity contribution in [3.63, 3.8) is 0 Å². The molecule has 3 heterocycles. The molecule has 0 saturated carbocycles. The molecule has 1 aromatic heterocycles. The van der Waals surface area contributed by atoms with Gasteiger partial charge >= 0.3 is 18.2 Å². The number of aromatic nitrogens is 1. The van der Waals surface area contributed by atoms with Crippen LogP contribution in [0.5, 0.6) is 0 Å². The third-order valence-corrected chi connectivity index (χ3v) is 7.99. The molecule has 2 aliphatic rings. The topological polar surface area (TPSA) is 167 Å². The Morgan fingerprint density at radius 3 is 2.42 bits per heavy atom. The first-order chi connectivity index (χ1) is 23.5. The average Bonchev–Trinajstić information content (AvgIpc) is 3.05. The molecule has 6 rings (SSSR count). The van der Waals surface area contributed by atoms with Crippen molar-refractivity contribution in [3.8, 4) is 0 Å². The number of hydrogen-bond donors (Lipinski definition) is 4. The third kappa shape index (κ3) is 8.78. The molecule has 0 aliphatic carbocycles. The van der Waals surface area contributed by atoms with Crippen molar-refractivity contribution in [1.29, 1.82) is 0 Å². The Morgan fingerprint density at radius 2 is 1.78 bits per heavy atom. The molecule has 0 unspecified atom stereocenters. The van der Waals surface area contributed by atoms with Gasteiger partial charge in [-0.1, -0.05) is 25.1 Å². The molecule has 0 fully saturated rings. The van der Waals surface area contributed by atoms with Gasteiger partial charge in [-0.3, -0.25) is 14.9 Å². The standard InChI is InChI=1S/C33H36N6O4.C2HF3O2/c1-19-14-22-6-9-26(19)20(2)18-43-33(42)37-25-8-11-28(31(40)38(3)4)23(16-25)17-39(5)32(41)29(22)36-24-7-10-27-21(15-24)12-13-35-30(27)34;3-2(4,5)1(6)7/h6-16,20,29,36H,17-18H2,1-5H3,(H2,34,35)(H,37,42);(H,6,7)/t20-,29+;/m0./s1. The average molecular weight is 695 g/mol. The summed E-state index contributed by atoms with van der Waals surface area (Å²) in [6.45, 7) is 4.28. The number of pyridine rings is 1. The van der Waals surface area contributed by atoms with E-state index in [1.54, 1.807) is 50.4 Å². The SMILES string of the molecule is Cc1cc2ccc1[C@@H](C)COC(=O)Nc1ccc(C(=O)N(C)C)c(c1)CN(C)C(=O)[C@@H]2Nc1ccc2c(N)nccc2c1.O=C(O)C(F)(F)F. The highest BCUT2D eigenvalue weighted by Gasteiger charge is 2.38. The molecule has 0 spiro atoms.